The van der Waals surface area contributed by atoms with Crippen molar-refractivity contribution in [2.24, 2.45) is 0 Å². The lowest BCUT2D eigenvalue weighted by Crippen LogP contribution is -2.47. The molecule has 0 aliphatic carbocycles. The number of thiophene rings is 1. The van der Waals surface area contributed by atoms with E-state index in [0.717, 1.165) is 56.2 Å². The summed E-state index contributed by atoms with van der Waals surface area (Å²) < 4.78 is 0. The van der Waals surface area contributed by atoms with Crippen molar-refractivity contribution in [2.75, 3.05) is 37.6 Å². The molecule has 0 aromatic carbocycles. The van der Waals surface area contributed by atoms with Crippen molar-refractivity contribution in [1.29, 1.82) is 5.26 Å². The molecule has 3 rings (SSSR count). The Hall–Kier alpha value is -1.97. The van der Waals surface area contributed by atoms with Gasteiger partial charge in [0, 0.05) is 37.6 Å². The second-order valence-corrected chi connectivity index (χ2v) is 6.91. The minimum atomic E-state index is 0.671. The number of hydrogen-bond acceptors (Lipinski definition) is 6. The number of nitrogens with zero attached hydrogens (tertiary/aromatic N) is 5. The zero-order chi connectivity index (χ0) is 16.2. The molecule has 0 N–H and O–H groups in total. The molecule has 1 aliphatic rings. The molecule has 1 saturated heterocycles. The van der Waals surface area contributed by atoms with Crippen molar-refractivity contribution >= 4 is 17.2 Å². The Morgan fingerprint density at radius 1 is 1.22 bits per heavy atom. The Morgan fingerprint density at radius 3 is 2.65 bits per heavy atom. The van der Waals surface area contributed by atoms with E-state index in [1.807, 2.05) is 25.2 Å². The average Bonchev–Trinajstić information content (AvgIpc) is 3.09. The van der Waals surface area contributed by atoms with Crippen LogP contribution >= 0.6 is 11.3 Å². The Kier molecular flexibility index (Phi) is 4.89. The molecule has 0 atom stereocenters. The van der Waals surface area contributed by atoms with Crippen LogP contribution in [-0.2, 0) is 6.42 Å². The first-order valence-electron chi connectivity index (χ1n) is 7.92. The third kappa shape index (κ3) is 3.52. The molecule has 0 bridgehead atoms. The summed E-state index contributed by atoms with van der Waals surface area (Å²) in [6.45, 7) is 8.75. The maximum Gasteiger partial charge on any atom is 0.169 e. The van der Waals surface area contributed by atoms with Gasteiger partial charge in [-0.1, -0.05) is 6.07 Å². The summed E-state index contributed by atoms with van der Waals surface area (Å²) >= 11 is 1.83. The van der Waals surface area contributed by atoms with E-state index in [0.29, 0.717) is 5.56 Å². The van der Waals surface area contributed by atoms with Crippen LogP contribution in [0.25, 0.3) is 0 Å². The lowest BCUT2D eigenvalue weighted by Gasteiger charge is -2.35. The molecule has 3 heterocycles. The number of nitriles is 1. The Labute approximate surface area is 141 Å². The van der Waals surface area contributed by atoms with Gasteiger partial charge in [0.2, 0.25) is 0 Å². The number of rotatable bonds is 4. The van der Waals surface area contributed by atoms with E-state index in [9.17, 15) is 5.26 Å². The lowest BCUT2D eigenvalue weighted by atomic mass is 10.1. The normalized spacial score (nSPS) is 15.6. The van der Waals surface area contributed by atoms with Gasteiger partial charge < -0.3 is 4.90 Å². The Morgan fingerprint density at radius 2 is 2.00 bits per heavy atom. The smallest absolute Gasteiger partial charge is 0.169 e. The zero-order valence-electron chi connectivity index (χ0n) is 13.6. The van der Waals surface area contributed by atoms with Crippen LogP contribution in [0.15, 0.2) is 17.5 Å². The number of piperazine rings is 1. The standard InChI is InChI=1S/C17H21N5S/c1-13-14(2)19-20-17(16(13)12-18)22-9-7-21(8-10-22)6-5-15-4-3-11-23-15/h3-4,11H,5-10H2,1-2H3. The molecule has 1 fully saturated rings. The van der Waals surface area contributed by atoms with Crippen LogP contribution in [0.4, 0.5) is 5.82 Å². The highest BCUT2D eigenvalue weighted by molar-refractivity contribution is 7.09. The van der Waals surface area contributed by atoms with Crippen LogP contribution in [-0.4, -0.2) is 47.8 Å². The molecule has 6 heteroatoms. The molecule has 0 unspecified atom stereocenters. The molecular weight excluding hydrogens is 306 g/mol. The van der Waals surface area contributed by atoms with Crippen LogP contribution < -0.4 is 4.90 Å². The van der Waals surface area contributed by atoms with E-state index >= 15 is 0 Å². The molecule has 2 aromatic rings. The maximum absolute atomic E-state index is 9.44. The minimum absolute atomic E-state index is 0.671. The van der Waals surface area contributed by atoms with E-state index in [4.69, 9.17) is 0 Å². The van der Waals surface area contributed by atoms with Gasteiger partial charge in [-0.05, 0) is 37.3 Å². The molecule has 5 nitrogen and oxygen atoms in total. The van der Waals surface area contributed by atoms with Gasteiger partial charge in [0.15, 0.2) is 5.82 Å². The number of anilines is 1. The first-order valence-corrected chi connectivity index (χ1v) is 8.80. The van der Waals surface area contributed by atoms with E-state index in [-0.39, 0.29) is 0 Å². The molecule has 0 radical (unpaired) electrons. The average molecular weight is 327 g/mol. The highest BCUT2D eigenvalue weighted by Gasteiger charge is 2.22. The van der Waals surface area contributed by atoms with Gasteiger partial charge in [-0.25, -0.2) is 0 Å². The molecule has 0 spiro atoms. The molecule has 2 aromatic heterocycles. The summed E-state index contributed by atoms with van der Waals surface area (Å²) in [5.41, 5.74) is 2.45. The Bertz CT molecular complexity index is 697. The lowest BCUT2D eigenvalue weighted by molar-refractivity contribution is 0.260. The van der Waals surface area contributed by atoms with Crippen LogP contribution in [0.5, 0.6) is 0 Å². The largest absolute Gasteiger partial charge is 0.351 e. The fourth-order valence-electron chi connectivity index (χ4n) is 2.86. The van der Waals surface area contributed by atoms with Crippen molar-refractivity contribution in [3.8, 4) is 6.07 Å². The van der Waals surface area contributed by atoms with Crippen molar-refractivity contribution in [1.82, 2.24) is 15.1 Å². The fourth-order valence-corrected chi connectivity index (χ4v) is 3.56. The van der Waals surface area contributed by atoms with Crippen molar-refractivity contribution in [2.45, 2.75) is 20.3 Å². The van der Waals surface area contributed by atoms with Crippen molar-refractivity contribution in [3.63, 3.8) is 0 Å². The first-order chi connectivity index (χ1) is 11.2. The van der Waals surface area contributed by atoms with E-state index in [1.165, 1.54) is 4.88 Å². The molecule has 1 aliphatic heterocycles. The van der Waals surface area contributed by atoms with Gasteiger partial charge in [0.05, 0.1) is 5.69 Å². The predicted molar refractivity (Wildman–Crippen MR) is 92.9 cm³/mol. The summed E-state index contributed by atoms with van der Waals surface area (Å²) in [6, 6.07) is 6.61. The van der Waals surface area contributed by atoms with Crippen molar-refractivity contribution in [3.05, 3.63) is 39.2 Å². The van der Waals surface area contributed by atoms with E-state index in [1.54, 1.807) is 0 Å². The SMILES string of the molecule is Cc1nnc(N2CCN(CCc3cccs3)CC2)c(C#N)c1C. The van der Waals surface area contributed by atoms with E-state index < -0.39 is 0 Å². The maximum atomic E-state index is 9.44. The highest BCUT2D eigenvalue weighted by atomic mass is 32.1. The second-order valence-electron chi connectivity index (χ2n) is 5.88. The van der Waals surface area contributed by atoms with Gasteiger partial charge in [-0.15, -0.1) is 16.4 Å². The van der Waals surface area contributed by atoms with Crippen LogP contribution in [0.1, 0.15) is 21.7 Å². The van der Waals surface area contributed by atoms with Crippen molar-refractivity contribution < 1.29 is 0 Å². The van der Waals surface area contributed by atoms with Gasteiger partial charge in [-0.2, -0.15) is 10.4 Å². The minimum Gasteiger partial charge on any atom is -0.351 e. The topological polar surface area (TPSA) is 56.1 Å². The molecular formula is C17H21N5S. The summed E-state index contributed by atoms with van der Waals surface area (Å²) in [7, 11) is 0. The van der Waals surface area contributed by atoms with Gasteiger partial charge in [0.25, 0.3) is 0 Å². The van der Waals surface area contributed by atoms with Crippen LogP contribution in [0, 0.1) is 25.2 Å². The third-order valence-electron chi connectivity index (χ3n) is 4.47. The van der Waals surface area contributed by atoms with Crippen LogP contribution in [0.3, 0.4) is 0 Å². The summed E-state index contributed by atoms with van der Waals surface area (Å²) in [5, 5.41) is 20.1. The monoisotopic (exact) mass is 327 g/mol. The summed E-state index contributed by atoms with van der Waals surface area (Å²) in [5.74, 6) is 0.744. The molecule has 120 valence electrons. The third-order valence-corrected chi connectivity index (χ3v) is 5.41. The van der Waals surface area contributed by atoms with E-state index in [2.05, 4.69) is 43.6 Å². The predicted octanol–water partition coefficient (Wildman–Crippen LogP) is 2.39. The number of aryl methyl sites for hydroxylation is 1. The zero-order valence-corrected chi connectivity index (χ0v) is 14.4. The van der Waals surface area contributed by atoms with Crippen LogP contribution in [0.2, 0.25) is 0 Å². The molecule has 23 heavy (non-hydrogen) atoms. The number of aromatic nitrogens is 2. The number of hydrogen-bond donors (Lipinski definition) is 0. The first kappa shape index (κ1) is 15.9. The fraction of sp³-hybridized carbons (Fsp3) is 0.471. The molecule has 0 saturated carbocycles. The van der Waals surface area contributed by atoms with Gasteiger partial charge in [-0.3, -0.25) is 4.90 Å². The second kappa shape index (κ2) is 7.07. The Balaban J connectivity index is 1.61. The summed E-state index contributed by atoms with van der Waals surface area (Å²) in [4.78, 5) is 6.12. The molecule has 0 amide bonds. The summed E-state index contributed by atoms with van der Waals surface area (Å²) in [6.07, 6.45) is 1.12. The van der Waals surface area contributed by atoms with Gasteiger partial charge in [0.1, 0.15) is 11.6 Å². The highest BCUT2D eigenvalue weighted by Crippen LogP contribution is 2.22. The quantitative estimate of drug-likeness (QED) is 0.863. The van der Waals surface area contributed by atoms with Gasteiger partial charge >= 0.3 is 0 Å².